The van der Waals surface area contributed by atoms with Crippen LogP contribution in [0.3, 0.4) is 0 Å². The normalized spacial score (nSPS) is 10.6. The number of nitro benzene ring substituents is 1. The van der Waals surface area contributed by atoms with Crippen LogP contribution in [0, 0.1) is 10.1 Å². The van der Waals surface area contributed by atoms with Crippen LogP contribution in [-0.2, 0) is 0 Å². The number of nitro groups is 1. The first-order valence-corrected chi connectivity index (χ1v) is 9.72. The Morgan fingerprint density at radius 1 is 0.636 bits per heavy atom. The Morgan fingerprint density at radius 3 is 1.45 bits per heavy atom. The van der Waals surface area contributed by atoms with Crippen molar-refractivity contribution in [2.24, 2.45) is 0 Å². The molecule has 108 valence electrons. The molecule has 0 fully saturated rings. The van der Waals surface area contributed by atoms with Gasteiger partial charge in [-0.1, -0.05) is 0 Å². The first kappa shape index (κ1) is 14.6. The van der Waals surface area contributed by atoms with Crippen LogP contribution in [0.15, 0.2) is 84.9 Å². The molecular weight excluding hydrogens is 337 g/mol. The zero-order valence-corrected chi connectivity index (χ0v) is 13.7. The van der Waals surface area contributed by atoms with E-state index in [1.54, 1.807) is 12.1 Å². The first-order chi connectivity index (χ1) is 10.8. The fourth-order valence-corrected chi connectivity index (χ4v) is 7.11. The summed E-state index contributed by atoms with van der Waals surface area (Å²) in [4.78, 5) is 10.5. The monoisotopic (exact) mass is 351 g/mol. The maximum atomic E-state index is 10.8. The van der Waals surface area contributed by atoms with Gasteiger partial charge in [0, 0.05) is 0 Å². The van der Waals surface area contributed by atoms with Crippen LogP contribution in [0.2, 0.25) is 0 Å². The molecule has 3 aromatic carbocycles. The van der Waals surface area contributed by atoms with Crippen molar-refractivity contribution in [2.75, 3.05) is 0 Å². The third-order valence-electron chi connectivity index (χ3n) is 3.35. The molecule has 0 bridgehead atoms. The molecule has 0 aliphatic carbocycles. The second-order valence-corrected chi connectivity index (χ2v) is 9.44. The van der Waals surface area contributed by atoms with Gasteiger partial charge in [-0.3, -0.25) is 0 Å². The topological polar surface area (TPSA) is 43.1 Å². The molecule has 3 nitrogen and oxygen atoms in total. The van der Waals surface area contributed by atoms with E-state index in [2.05, 4.69) is 24.3 Å². The van der Waals surface area contributed by atoms with Crippen LogP contribution in [0.1, 0.15) is 0 Å². The Hall–Kier alpha value is -2.38. The average molecular weight is 351 g/mol. The van der Waals surface area contributed by atoms with Gasteiger partial charge in [0.15, 0.2) is 0 Å². The molecule has 0 amide bonds. The summed E-state index contributed by atoms with van der Waals surface area (Å²) < 4.78 is 3.82. The Balaban J connectivity index is 2.08. The quantitative estimate of drug-likeness (QED) is 0.411. The summed E-state index contributed by atoms with van der Waals surface area (Å²) in [5.74, 6) is 0. The zero-order chi connectivity index (χ0) is 15.4. The van der Waals surface area contributed by atoms with Gasteiger partial charge in [0.1, 0.15) is 0 Å². The van der Waals surface area contributed by atoms with Crippen molar-refractivity contribution in [3.8, 4) is 0 Å². The third-order valence-corrected chi connectivity index (χ3v) is 8.47. The maximum absolute atomic E-state index is 10.8. The van der Waals surface area contributed by atoms with Crippen LogP contribution in [-0.4, -0.2) is 19.6 Å². The SMILES string of the molecule is O=[N+]([O-])c1ccc([As](c2ccccc2)c2ccccc2)cc1. The zero-order valence-electron chi connectivity index (χ0n) is 11.8. The van der Waals surface area contributed by atoms with Crippen LogP contribution < -0.4 is 13.1 Å². The molecule has 3 rings (SSSR count). The van der Waals surface area contributed by atoms with Crippen molar-refractivity contribution in [1.29, 1.82) is 0 Å². The van der Waals surface area contributed by atoms with E-state index in [0.29, 0.717) is 0 Å². The molecule has 0 aromatic heterocycles. The molecule has 3 aromatic rings. The minimum absolute atomic E-state index is 0.138. The standard InChI is InChI=1S/C18H14AsNO2/c21-20(22)18-13-11-17(12-14-18)19(15-7-3-1-4-8-15)16-9-5-2-6-10-16/h1-14H. The predicted molar refractivity (Wildman–Crippen MR) is 90.6 cm³/mol. The molecule has 0 aliphatic heterocycles. The number of nitrogens with zero attached hydrogens (tertiary/aromatic N) is 1. The van der Waals surface area contributed by atoms with Crippen molar-refractivity contribution in [2.45, 2.75) is 0 Å². The fraction of sp³-hybridized carbons (Fsp3) is 0. The van der Waals surface area contributed by atoms with Crippen LogP contribution in [0.25, 0.3) is 0 Å². The van der Waals surface area contributed by atoms with Gasteiger partial charge in [0.25, 0.3) is 0 Å². The number of hydrogen-bond acceptors (Lipinski definition) is 2. The van der Waals surface area contributed by atoms with E-state index in [1.807, 2.05) is 48.5 Å². The van der Waals surface area contributed by atoms with Crippen molar-refractivity contribution in [1.82, 2.24) is 0 Å². The van der Waals surface area contributed by atoms with Crippen molar-refractivity contribution >= 4 is 33.4 Å². The molecule has 0 aliphatic rings. The van der Waals surface area contributed by atoms with Gasteiger partial charge >= 0.3 is 133 Å². The Bertz CT molecular complexity index is 719. The first-order valence-electron chi connectivity index (χ1n) is 6.90. The van der Waals surface area contributed by atoms with Crippen LogP contribution >= 0.6 is 0 Å². The molecule has 0 N–H and O–H groups in total. The molecule has 0 unspecified atom stereocenters. The van der Waals surface area contributed by atoms with E-state index in [1.165, 1.54) is 13.1 Å². The van der Waals surface area contributed by atoms with Crippen LogP contribution in [0.4, 0.5) is 5.69 Å². The molecular formula is C18H14AsNO2. The van der Waals surface area contributed by atoms with E-state index in [4.69, 9.17) is 0 Å². The fourth-order valence-electron chi connectivity index (χ4n) is 2.32. The summed E-state index contributed by atoms with van der Waals surface area (Å²) in [5.41, 5.74) is 0.138. The van der Waals surface area contributed by atoms with E-state index < -0.39 is 14.7 Å². The third kappa shape index (κ3) is 3.10. The molecule has 0 atom stereocenters. The molecule has 0 saturated carbocycles. The average Bonchev–Trinajstić information content (AvgIpc) is 2.57. The van der Waals surface area contributed by atoms with E-state index in [0.717, 1.165) is 0 Å². The van der Waals surface area contributed by atoms with Gasteiger partial charge in [0.05, 0.1) is 0 Å². The van der Waals surface area contributed by atoms with E-state index in [-0.39, 0.29) is 10.6 Å². The Kier molecular flexibility index (Phi) is 4.36. The molecule has 0 radical (unpaired) electrons. The predicted octanol–water partition coefficient (Wildman–Crippen LogP) is 2.11. The van der Waals surface area contributed by atoms with E-state index in [9.17, 15) is 10.1 Å². The summed E-state index contributed by atoms with van der Waals surface area (Å²) in [6, 6.07) is 27.8. The van der Waals surface area contributed by atoms with Crippen molar-refractivity contribution in [3.63, 3.8) is 0 Å². The number of non-ortho nitro benzene ring substituents is 1. The molecule has 0 saturated heterocycles. The summed E-state index contributed by atoms with van der Waals surface area (Å²) in [7, 11) is 0. The molecule has 22 heavy (non-hydrogen) atoms. The van der Waals surface area contributed by atoms with Gasteiger partial charge < -0.3 is 0 Å². The molecule has 0 heterocycles. The summed E-state index contributed by atoms with van der Waals surface area (Å²) in [5, 5.41) is 10.8. The second-order valence-electron chi connectivity index (χ2n) is 4.78. The summed E-state index contributed by atoms with van der Waals surface area (Å²) >= 11 is -1.67. The van der Waals surface area contributed by atoms with E-state index >= 15 is 0 Å². The number of hydrogen-bond donors (Lipinski definition) is 0. The van der Waals surface area contributed by atoms with Gasteiger partial charge in [-0.05, 0) is 0 Å². The molecule has 4 heteroatoms. The van der Waals surface area contributed by atoms with Crippen LogP contribution in [0.5, 0.6) is 0 Å². The van der Waals surface area contributed by atoms with Gasteiger partial charge in [-0.25, -0.2) is 0 Å². The van der Waals surface area contributed by atoms with Crippen molar-refractivity contribution < 1.29 is 4.92 Å². The van der Waals surface area contributed by atoms with Gasteiger partial charge in [-0.2, -0.15) is 0 Å². The Morgan fingerprint density at radius 2 is 1.05 bits per heavy atom. The summed E-state index contributed by atoms with van der Waals surface area (Å²) in [6.07, 6.45) is 0. The second kappa shape index (κ2) is 6.59. The van der Waals surface area contributed by atoms with Gasteiger partial charge in [-0.15, -0.1) is 0 Å². The van der Waals surface area contributed by atoms with Crippen molar-refractivity contribution in [3.05, 3.63) is 95.0 Å². The summed E-state index contributed by atoms with van der Waals surface area (Å²) in [6.45, 7) is 0. The van der Waals surface area contributed by atoms with Gasteiger partial charge in [0.2, 0.25) is 0 Å². The number of rotatable bonds is 4. The minimum atomic E-state index is -1.67. The molecule has 0 spiro atoms. The Labute approximate surface area is 133 Å². The number of benzene rings is 3.